The Labute approximate surface area is 436 Å². The molecule has 0 atom stereocenters. The lowest BCUT2D eigenvalue weighted by Gasteiger charge is -2.45. The van der Waals surface area contributed by atoms with E-state index in [0.717, 1.165) is 50.1 Å². The monoisotopic (exact) mass is 953 g/mol. The largest absolute Gasteiger partial charge is 0.454 e. The Morgan fingerprint density at radius 1 is 0.240 bits per heavy atom. The second-order valence-electron chi connectivity index (χ2n) is 19.9. The van der Waals surface area contributed by atoms with Gasteiger partial charge in [-0.2, -0.15) is 0 Å². The van der Waals surface area contributed by atoms with Crippen LogP contribution in [0.25, 0.3) is 99.8 Å². The van der Waals surface area contributed by atoms with Crippen molar-refractivity contribution in [3.63, 3.8) is 0 Å². The van der Waals surface area contributed by atoms with Gasteiger partial charge in [0, 0.05) is 10.8 Å². The third kappa shape index (κ3) is 6.66. The molecule has 0 unspecified atom stereocenters. The lowest BCUT2D eigenvalue weighted by atomic mass is 9.63. The van der Waals surface area contributed by atoms with Crippen molar-refractivity contribution >= 4 is 39.0 Å². The molecule has 2 nitrogen and oxygen atoms in total. The zero-order valence-corrected chi connectivity index (χ0v) is 41.0. The zero-order chi connectivity index (χ0) is 49.5. The summed E-state index contributed by atoms with van der Waals surface area (Å²) in [6.45, 7) is 0. The Hall–Kier alpha value is -9.76. The molecule has 0 saturated heterocycles. The van der Waals surface area contributed by atoms with E-state index in [0.29, 0.717) is 0 Å². The highest BCUT2D eigenvalue weighted by Gasteiger charge is 2.52. The first-order valence-electron chi connectivity index (χ1n) is 25.9. The van der Waals surface area contributed by atoms with Crippen LogP contribution in [0.15, 0.2) is 290 Å². The van der Waals surface area contributed by atoms with Crippen molar-refractivity contribution in [2.45, 2.75) is 5.41 Å². The number of fused-ring (bicyclic) bond motifs is 12. The topological polar surface area (TPSA) is 16.4 Å². The molecule has 0 bridgehead atoms. The van der Waals surface area contributed by atoms with Gasteiger partial charge in [-0.25, -0.2) is 0 Å². The molecule has 12 aromatic carbocycles. The molecule has 0 saturated carbocycles. The molecule has 2 aliphatic rings. The van der Waals surface area contributed by atoms with Crippen LogP contribution in [-0.4, -0.2) is 0 Å². The molecular formula is C73H47NO. The third-order valence-corrected chi connectivity index (χ3v) is 15.9. The van der Waals surface area contributed by atoms with Gasteiger partial charge in [0.1, 0.15) is 5.58 Å². The van der Waals surface area contributed by atoms with Gasteiger partial charge in [0.05, 0.1) is 22.5 Å². The molecule has 2 heteroatoms. The minimum atomic E-state index is -0.726. The van der Waals surface area contributed by atoms with Crippen molar-refractivity contribution in [2.24, 2.45) is 0 Å². The van der Waals surface area contributed by atoms with E-state index < -0.39 is 5.41 Å². The van der Waals surface area contributed by atoms with Crippen molar-refractivity contribution in [3.05, 3.63) is 307 Å². The summed E-state index contributed by atoms with van der Waals surface area (Å²) < 4.78 is 6.97. The highest BCUT2D eigenvalue weighted by Crippen LogP contribution is 2.65. The lowest BCUT2D eigenvalue weighted by molar-refractivity contribution is 0.668. The van der Waals surface area contributed by atoms with Gasteiger partial charge in [0.25, 0.3) is 0 Å². The number of anilines is 3. The SMILES string of the molecule is c1ccc(-c2ccc(-c3ccc4c(c3)C3(c5ccccc5-c5ccccc53)c3cc(-c5ccc(-c6ccccc6)cc5-c5ccccc5)ccc3N4c3cccc4c3oc3ccccc34)c(-c3ccccc3)c2)cc1. The maximum absolute atomic E-state index is 6.97. The number of furan rings is 1. The van der Waals surface area contributed by atoms with E-state index in [1.165, 1.54) is 89.0 Å². The summed E-state index contributed by atoms with van der Waals surface area (Å²) in [5, 5.41) is 2.20. The summed E-state index contributed by atoms with van der Waals surface area (Å²) in [7, 11) is 0. The van der Waals surface area contributed by atoms with Crippen molar-refractivity contribution < 1.29 is 4.42 Å². The normalized spacial score (nSPS) is 12.9. The van der Waals surface area contributed by atoms with Crippen molar-refractivity contribution in [1.29, 1.82) is 0 Å². The molecule has 0 amide bonds. The fourth-order valence-electron chi connectivity index (χ4n) is 12.6. The van der Waals surface area contributed by atoms with Gasteiger partial charge in [-0.1, -0.05) is 237 Å². The van der Waals surface area contributed by atoms with Gasteiger partial charge in [-0.15, -0.1) is 0 Å². The molecule has 0 N–H and O–H groups in total. The summed E-state index contributed by atoms with van der Waals surface area (Å²) in [6.07, 6.45) is 0. The van der Waals surface area contributed by atoms with Crippen LogP contribution >= 0.6 is 0 Å². The molecule has 15 rings (SSSR count). The Kier molecular flexibility index (Phi) is 9.83. The molecular weight excluding hydrogens is 907 g/mol. The number of para-hydroxylation sites is 2. The van der Waals surface area contributed by atoms with Crippen LogP contribution in [0.3, 0.4) is 0 Å². The van der Waals surface area contributed by atoms with E-state index in [-0.39, 0.29) is 0 Å². The maximum Gasteiger partial charge on any atom is 0.159 e. The maximum atomic E-state index is 6.97. The van der Waals surface area contributed by atoms with Crippen LogP contribution in [-0.2, 0) is 5.41 Å². The average Bonchev–Trinajstić information content (AvgIpc) is 4.24. The van der Waals surface area contributed by atoms with E-state index >= 15 is 0 Å². The number of rotatable bonds is 7. The number of hydrogen-bond donors (Lipinski definition) is 0. The molecule has 75 heavy (non-hydrogen) atoms. The van der Waals surface area contributed by atoms with E-state index in [1.54, 1.807) is 0 Å². The van der Waals surface area contributed by atoms with E-state index in [9.17, 15) is 0 Å². The third-order valence-electron chi connectivity index (χ3n) is 15.9. The molecule has 1 aromatic heterocycles. The molecule has 350 valence electrons. The van der Waals surface area contributed by atoms with E-state index in [1.807, 2.05) is 0 Å². The molecule has 0 radical (unpaired) electrons. The summed E-state index contributed by atoms with van der Waals surface area (Å²) in [5.74, 6) is 0. The van der Waals surface area contributed by atoms with Gasteiger partial charge in [-0.05, 0) is 149 Å². The highest BCUT2D eigenvalue weighted by molar-refractivity contribution is 6.11. The van der Waals surface area contributed by atoms with Crippen LogP contribution in [0.1, 0.15) is 22.3 Å². The molecule has 13 aromatic rings. The van der Waals surface area contributed by atoms with Crippen LogP contribution in [0.4, 0.5) is 17.1 Å². The molecule has 0 fully saturated rings. The zero-order valence-electron chi connectivity index (χ0n) is 41.0. The predicted molar refractivity (Wildman–Crippen MR) is 312 cm³/mol. The van der Waals surface area contributed by atoms with E-state index in [4.69, 9.17) is 4.42 Å². The van der Waals surface area contributed by atoms with Gasteiger partial charge < -0.3 is 9.32 Å². The first kappa shape index (κ1) is 42.9. The predicted octanol–water partition coefficient (Wildman–Crippen LogP) is 19.7. The minimum absolute atomic E-state index is 0.726. The van der Waals surface area contributed by atoms with Gasteiger partial charge in [0.15, 0.2) is 5.58 Å². The summed E-state index contributed by atoms with van der Waals surface area (Å²) in [5.41, 5.74) is 25.8. The standard InChI is InChI=1S/C73H47NO/c1-5-20-48(21-6-1)52-36-40-56(62(44-52)50-24-9-3-10-25-50)54-38-42-68-66(46-54)73(64-32-16-13-28-58(64)59-29-14-17-33-65(59)73)67-47-55(57-41-37-53(49-22-7-2-8-23-49)45-63(57)51-26-11-4-12-27-51)39-43-69(67)74(68)70-34-19-31-61-60-30-15-18-35-71(60)75-72(61)70/h1-47H. The quantitative estimate of drug-likeness (QED) is 0.158. The van der Waals surface area contributed by atoms with Crippen LogP contribution in [0.5, 0.6) is 0 Å². The molecule has 1 spiro atoms. The number of benzene rings is 12. The molecule has 2 heterocycles. The fourth-order valence-corrected chi connectivity index (χ4v) is 12.6. The van der Waals surface area contributed by atoms with Crippen molar-refractivity contribution in [3.8, 4) is 77.9 Å². The van der Waals surface area contributed by atoms with Crippen LogP contribution < -0.4 is 4.90 Å². The van der Waals surface area contributed by atoms with Gasteiger partial charge in [-0.3, -0.25) is 0 Å². The Bertz CT molecular complexity index is 4120. The van der Waals surface area contributed by atoms with Crippen molar-refractivity contribution in [1.82, 2.24) is 0 Å². The second kappa shape index (κ2) is 17.2. The first-order chi connectivity index (χ1) is 37.2. The highest BCUT2D eigenvalue weighted by atomic mass is 16.3. The van der Waals surface area contributed by atoms with Crippen LogP contribution in [0, 0.1) is 0 Å². The fraction of sp³-hybridized carbons (Fsp3) is 0.0137. The Morgan fingerprint density at radius 3 is 1.19 bits per heavy atom. The number of nitrogens with zero attached hydrogens (tertiary/aromatic N) is 1. The van der Waals surface area contributed by atoms with Crippen molar-refractivity contribution in [2.75, 3.05) is 4.90 Å². The molecule has 1 aliphatic heterocycles. The summed E-state index contributed by atoms with van der Waals surface area (Å²) in [4.78, 5) is 2.49. The Balaban J connectivity index is 1.05. The molecule has 1 aliphatic carbocycles. The average molecular weight is 954 g/mol. The minimum Gasteiger partial charge on any atom is -0.454 e. The van der Waals surface area contributed by atoms with E-state index in [2.05, 4.69) is 290 Å². The Morgan fingerprint density at radius 2 is 0.667 bits per heavy atom. The summed E-state index contributed by atoms with van der Waals surface area (Å²) >= 11 is 0. The summed E-state index contributed by atoms with van der Waals surface area (Å²) in [6, 6.07) is 105. The van der Waals surface area contributed by atoms with Crippen LogP contribution in [0.2, 0.25) is 0 Å². The van der Waals surface area contributed by atoms with Gasteiger partial charge in [0.2, 0.25) is 0 Å². The first-order valence-corrected chi connectivity index (χ1v) is 25.9. The lowest BCUT2D eigenvalue weighted by Crippen LogP contribution is -2.36. The van der Waals surface area contributed by atoms with Gasteiger partial charge >= 0.3 is 0 Å². The number of hydrogen-bond acceptors (Lipinski definition) is 2. The smallest absolute Gasteiger partial charge is 0.159 e. The second-order valence-corrected chi connectivity index (χ2v) is 19.9.